The summed E-state index contributed by atoms with van der Waals surface area (Å²) >= 11 is 17.8. The summed E-state index contributed by atoms with van der Waals surface area (Å²) < 4.78 is 1.79. The van der Waals surface area contributed by atoms with E-state index in [2.05, 4.69) is 28.9 Å². The zero-order valence-corrected chi connectivity index (χ0v) is 13.1. The zero-order chi connectivity index (χ0) is 11.8. The highest BCUT2D eigenvalue weighted by Gasteiger charge is 2.40. The van der Waals surface area contributed by atoms with Crippen LogP contribution in [0.15, 0.2) is 10.5 Å². The highest BCUT2D eigenvalue weighted by molar-refractivity contribution is 9.10. The number of hydrogen-bond acceptors (Lipinski definition) is 1. The van der Waals surface area contributed by atoms with Crippen LogP contribution in [-0.2, 0) is 0 Å². The molecular weight excluding hydrogens is 327 g/mol. The van der Waals surface area contributed by atoms with Crippen LogP contribution in [0.4, 0.5) is 0 Å². The molecule has 0 spiro atoms. The van der Waals surface area contributed by atoms with Gasteiger partial charge >= 0.3 is 0 Å². The van der Waals surface area contributed by atoms with Crippen molar-refractivity contribution in [3.63, 3.8) is 0 Å². The van der Waals surface area contributed by atoms with Crippen LogP contribution >= 0.6 is 50.5 Å². The molecule has 0 N–H and O–H groups in total. The lowest BCUT2D eigenvalue weighted by molar-refractivity contribution is 0.273. The van der Waals surface area contributed by atoms with Gasteiger partial charge in [-0.15, -0.1) is 22.9 Å². The summed E-state index contributed by atoms with van der Waals surface area (Å²) in [6.45, 7) is 2.25. The summed E-state index contributed by atoms with van der Waals surface area (Å²) in [6, 6.07) is 2.08. The minimum atomic E-state index is 0.119. The van der Waals surface area contributed by atoms with Crippen LogP contribution in [0.1, 0.15) is 49.3 Å². The molecule has 1 aromatic rings. The third kappa shape index (κ3) is 2.31. The van der Waals surface area contributed by atoms with Crippen molar-refractivity contribution in [1.82, 2.24) is 0 Å². The lowest BCUT2D eigenvalue weighted by Crippen LogP contribution is -2.20. The quantitative estimate of drug-likeness (QED) is 0.557. The molecule has 0 aliphatic heterocycles. The van der Waals surface area contributed by atoms with Crippen LogP contribution in [0, 0.1) is 5.41 Å². The van der Waals surface area contributed by atoms with Crippen molar-refractivity contribution in [2.45, 2.75) is 44.4 Å². The van der Waals surface area contributed by atoms with Crippen LogP contribution < -0.4 is 0 Å². The maximum absolute atomic E-state index is 6.69. The largest absolute Gasteiger partial charge is 0.126 e. The number of hydrogen-bond donors (Lipinski definition) is 0. The lowest BCUT2D eigenvalue weighted by Gasteiger charge is -2.32. The van der Waals surface area contributed by atoms with Crippen LogP contribution in [0.3, 0.4) is 0 Å². The third-order valence-electron chi connectivity index (χ3n) is 3.76. The van der Waals surface area contributed by atoms with Gasteiger partial charge in [0.25, 0.3) is 0 Å². The van der Waals surface area contributed by atoms with E-state index in [1.165, 1.54) is 30.6 Å². The summed E-state index contributed by atoms with van der Waals surface area (Å²) in [4.78, 5) is 1.21. The topological polar surface area (TPSA) is 0 Å². The van der Waals surface area contributed by atoms with E-state index < -0.39 is 0 Å². The van der Waals surface area contributed by atoms with E-state index in [0.717, 1.165) is 15.2 Å². The molecule has 1 aliphatic carbocycles. The van der Waals surface area contributed by atoms with Crippen molar-refractivity contribution < 1.29 is 0 Å². The van der Waals surface area contributed by atoms with Gasteiger partial charge in [-0.05, 0) is 46.7 Å². The predicted molar refractivity (Wildman–Crippen MR) is 76.8 cm³/mol. The number of thiophene rings is 1. The molecule has 16 heavy (non-hydrogen) atoms. The van der Waals surface area contributed by atoms with Crippen molar-refractivity contribution in [3.8, 4) is 0 Å². The standard InChI is InChI=1S/C12H15BrCl2S/c1-2-12(5-3-4-6-12)10(14)9-7-8(13)11(15)16-9/h7,10H,2-6H2,1H3. The highest BCUT2D eigenvalue weighted by Crippen LogP contribution is 2.55. The van der Waals surface area contributed by atoms with Gasteiger partial charge < -0.3 is 0 Å². The van der Waals surface area contributed by atoms with E-state index in [-0.39, 0.29) is 5.38 Å². The number of rotatable bonds is 3. The molecule has 0 saturated heterocycles. The van der Waals surface area contributed by atoms with Crippen molar-refractivity contribution in [2.75, 3.05) is 0 Å². The van der Waals surface area contributed by atoms with E-state index in [1.807, 2.05) is 0 Å². The highest BCUT2D eigenvalue weighted by atomic mass is 79.9. The molecular formula is C12H15BrCl2S. The predicted octanol–water partition coefficient (Wildman–Crippen LogP) is 6.41. The minimum absolute atomic E-state index is 0.119. The maximum Gasteiger partial charge on any atom is 0.107 e. The summed E-state index contributed by atoms with van der Waals surface area (Å²) in [5, 5.41) is 0.119. The van der Waals surface area contributed by atoms with Gasteiger partial charge in [0, 0.05) is 9.35 Å². The summed E-state index contributed by atoms with van der Waals surface area (Å²) in [5.41, 5.74) is 0.301. The number of alkyl halides is 1. The van der Waals surface area contributed by atoms with E-state index in [1.54, 1.807) is 11.3 Å². The first-order valence-corrected chi connectivity index (χ1v) is 8.10. The van der Waals surface area contributed by atoms with Gasteiger partial charge in [0.05, 0.1) is 5.38 Å². The van der Waals surface area contributed by atoms with Crippen molar-refractivity contribution >= 4 is 50.5 Å². The van der Waals surface area contributed by atoms with Gasteiger partial charge in [0.1, 0.15) is 4.34 Å². The Morgan fingerprint density at radius 2 is 2.12 bits per heavy atom. The molecule has 1 heterocycles. The molecule has 4 heteroatoms. The summed E-state index contributed by atoms with van der Waals surface area (Å²) in [5.74, 6) is 0. The molecule has 0 radical (unpaired) electrons. The molecule has 1 saturated carbocycles. The Labute approximate surface area is 119 Å². The second kappa shape index (κ2) is 5.17. The van der Waals surface area contributed by atoms with Crippen LogP contribution in [0.25, 0.3) is 0 Å². The fourth-order valence-corrected chi connectivity index (χ4v) is 5.08. The Hall–Kier alpha value is 0.760. The molecule has 0 nitrogen and oxygen atoms in total. The fraction of sp³-hybridized carbons (Fsp3) is 0.667. The van der Waals surface area contributed by atoms with Gasteiger partial charge in [-0.3, -0.25) is 0 Å². The molecule has 1 aromatic heterocycles. The first kappa shape index (κ1) is 13.2. The van der Waals surface area contributed by atoms with E-state index in [4.69, 9.17) is 23.2 Å². The molecule has 1 fully saturated rings. The summed E-state index contributed by atoms with van der Waals surface area (Å²) in [6.07, 6.45) is 6.30. The molecule has 0 aromatic carbocycles. The smallest absolute Gasteiger partial charge is 0.107 e. The molecule has 0 amide bonds. The van der Waals surface area contributed by atoms with Gasteiger partial charge in [-0.1, -0.05) is 31.4 Å². The maximum atomic E-state index is 6.69. The molecule has 0 bridgehead atoms. The first-order valence-electron chi connectivity index (χ1n) is 5.68. The Bertz CT molecular complexity index is 350. The molecule has 1 aliphatic rings. The molecule has 2 rings (SSSR count). The van der Waals surface area contributed by atoms with Gasteiger partial charge in [0.2, 0.25) is 0 Å². The normalized spacial score (nSPS) is 21.2. The van der Waals surface area contributed by atoms with Crippen molar-refractivity contribution in [1.29, 1.82) is 0 Å². The summed E-state index contributed by atoms with van der Waals surface area (Å²) in [7, 11) is 0. The van der Waals surface area contributed by atoms with Crippen LogP contribution in [0.2, 0.25) is 4.34 Å². The monoisotopic (exact) mass is 340 g/mol. The second-order valence-corrected chi connectivity index (χ2v) is 7.53. The molecule has 90 valence electrons. The van der Waals surface area contributed by atoms with Crippen molar-refractivity contribution in [2.24, 2.45) is 5.41 Å². The van der Waals surface area contributed by atoms with Crippen molar-refractivity contribution in [3.05, 3.63) is 19.8 Å². The average molecular weight is 342 g/mol. The molecule has 1 unspecified atom stereocenters. The van der Waals surface area contributed by atoms with E-state index in [9.17, 15) is 0 Å². The Morgan fingerprint density at radius 3 is 2.56 bits per heavy atom. The lowest BCUT2D eigenvalue weighted by atomic mass is 9.79. The Balaban J connectivity index is 2.26. The second-order valence-electron chi connectivity index (χ2n) is 4.56. The zero-order valence-electron chi connectivity index (χ0n) is 9.23. The first-order chi connectivity index (χ1) is 7.59. The van der Waals surface area contributed by atoms with Gasteiger partial charge in [-0.25, -0.2) is 0 Å². The van der Waals surface area contributed by atoms with E-state index >= 15 is 0 Å². The van der Waals surface area contributed by atoms with E-state index in [0.29, 0.717) is 5.41 Å². The van der Waals surface area contributed by atoms with Crippen LogP contribution in [-0.4, -0.2) is 0 Å². The molecule has 1 atom stereocenters. The Kier molecular flexibility index (Phi) is 4.27. The SMILES string of the molecule is CCC1(C(Cl)c2cc(Br)c(Cl)s2)CCCC1. The minimum Gasteiger partial charge on any atom is -0.126 e. The average Bonchev–Trinajstić information content (AvgIpc) is 2.87. The van der Waals surface area contributed by atoms with Gasteiger partial charge in [-0.2, -0.15) is 0 Å². The number of halogens is 3. The Morgan fingerprint density at radius 1 is 1.50 bits per heavy atom. The van der Waals surface area contributed by atoms with Crippen LogP contribution in [0.5, 0.6) is 0 Å². The third-order valence-corrected chi connectivity index (χ3v) is 7.12. The fourth-order valence-electron chi connectivity index (χ4n) is 2.66. The van der Waals surface area contributed by atoms with Gasteiger partial charge in [0.15, 0.2) is 0 Å².